The van der Waals surface area contributed by atoms with Crippen LogP contribution in [0, 0.1) is 0 Å². The zero-order chi connectivity index (χ0) is 29.4. The molecule has 1 spiro atoms. The van der Waals surface area contributed by atoms with Crippen molar-refractivity contribution in [3.63, 3.8) is 0 Å². The van der Waals surface area contributed by atoms with Gasteiger partial charge in [0.1, 0.15) is 10.6 Å². The van der Waals surface area contributed by atoms with Crippen LogP contribution in [0.5, 0.6) is 0 Å². The van der Waals surface area contributed by atoms with Crippen molar-refractivity contribution < 1.29 is 28.7 Å². The van der Waals surface area contributed by atoms with Crippen LogP contribution in [0.2, 0.25) is 0 Å². The highest BCUT2D eigenvalue weighted by Crippen LogP contribution is 2.38. The average Bonchev–Trinajstić information content (AvgIpc) is 3.45. The van der Waals surface area contributed by atoms with Crippen molar-refractivity contribution >= 4 is 40.3 Å². The molecular weight excluding hydrogens is 546 g/mol. The number of amides is 4. The molecule has 0 aromatic carbocycles. The fourth-order valence-electron chi connectivity index (χ4n) is 5.79. The summed E-state index contributed by atoms with van der Waals surface area (Å²) in [5.74, 6) is -0.399. The maximum Gasteiger partial charge on any atom is 0.417 e. The summed E-state index contributed by atoms with van der Waals surface area (Å²) >= 11 is 1.31. The van der Waals surface area contributed by atoms with Crippen molar-refractivity contribution in [1.29, 1.82) is 0 Å². The van der Waals surface area contributed by atoms with E-state index in [1.54, 1.807) is 46.2 Å². The zero-order valence-corrected chi connectivity index (χ0v) is 24.8. The van der Waals surface area contributed by atoms with Crippen LogP contribution >= 0.6 is 11.3 Å². The van der Waals surface area contributed by atoms with Crippen LogP contribution in [0.15, 0.2) is 30.6 Å². The van der Waals surface area contributed by atoms with Gasteiger partial charge in [-0.2, -0.15) is 0 Å². The average molecular weight is 584 g/mol. The minimum Gasteiger partial charge on any atom is -0.444 e. The molecule has 1 N–H and O–H groups in total. The van der Waals surface area contributed by atoms with Crippen LogP contribution in [-0.2, 0) is 14.3 Å². The summed E-state index contributed by atoms with van der Waals surface area (Å²) in [6.07, 6.45) is 4.99. The molecule has 2 aromatic heterocycles. The van der Waals surface area contributed by atoms with Gasteiger partial charge in [-0.3, -0.25) is 24.8 Å². The van der Waals surface area contributed by atoms with E-state index in [1.807, 2.05) is 17.0 Å². The molecule has 0 bridgehead atoms. The Hall–Kier alpha value is -3.51. The third-order valence-corrected chi connectivity index (χ3v) is 8.83. The summed E-state index contributed by atoms with van der Waals surface area (Å²) in [6.45, 7) is 9.70. The van der Waals surface area contributed by atoms with E-state index in [-0.39, 0.29) is 17.9 Å². The molecular formula is C29H37N5O6S. The van der Waals surface area contributed by atoms with Crippen molar-refractivity contribution in [2.24, 2.45) is 0 Å². The standard InChI is InChI=1S/C29H37N5O6S/c1-5-34-25(36)29(40-27(34)38)11-7-13-33(18-29)20-9-14-32(15-10-20)24(35)21-16-22(19-8-6-12-30-17-19)41-23(21)31-26(37)39-28(2,3)4/h6,8,12,16-17,20H,5,7,9-11,13-15,18H2,1-4H3,(H,31,37). The Kier molecular flexibility index (Phi) is 8.06. The van der Waals surface area contributed by atoms with E-state index in [4.69, 9.17) is 9.47 Å². The molecule has 1 unspecified atom stereocenters. The lowest BCUT2D eigenvalue weighted by atomic mass is 9.89. The van der Waals surface area contributed by atoms with E-state index in [9.17, 15) is 19.2 Å². The number of carbonyl (C=O) groups excluding carboxylic acids is 4. The molecule has 4 amide bonds. The first-order valence-electron chi connectivity index (χ1n) is 14.1. The number of hydrogen-bond acceptors (Lipinski definition) is 9. The van der Waals surface area contributed by atoms with E-state index in [2.05, 4.69) is 15.2 Å². The van der Waals surface area contributed by atoms with Gasteiger partial charge >= 0.3 is 12.2 Å². The Morgan fingerprint density at radius 1 is 1.22 bits per heavy atom. The van der Waals surface area contributed by atoms with Gasteiger partial charge in [0.15, 0.2) is 0 Å². The summed E-state index contributed by atoms with van der Waals surface area (Å²) < 4.78 is 11.1. The number of hydrogen-bond donors (Lipinski definition) is 1. The van der Waals surface area contributed by atoms with Gasteiger partial charge in [0, 0.05) is 55.1 Å². The first-order chi connectivity index (χ1) is 19.5. The Labute approximate surface area is 243 Å². The number of likely N-dealkylation sites (tertiary alicyclic amines) is 2. The Balaban J connectivity index is 1.28. The number of nitrogens with zero attached hydrogens (tertiary/aromatic N) is 4. The van der Waals surface area contributed by atoms with Crippen molar-refractivity contribution in [3.8, 4) is 10.4 Å². The predicted molar refractivity (Wildman–Crippen MR) is 154 cm³/mol. The van der Waals surface area contributed by atoms with Gasteiger partial charge in [0.25, 0.3) is 11.8 Å². The lowest BCUT2D eigenvalue weighted by Crippen LogP contribution is -2.57. The number of imide groups is 1. The molecule has 220 valence electrons. The van der Waals surface area contributed by atoms with Gasteiger partial charge in [-0.1, -0.05) is 6.07 Å². The van der Waals surface area contributed by atoms with E-state index < -0.39 is 23.4 Å². The lowest BCUT2D eigenvalue weighted by Gasteiger charge is -2.44. The van der Waals surface area contributed by atoms with Gasteiger partial charge in [0.2, 0.25) is 5.60 Å². The second-order valence-electron chi connectivity index (χ2n) is 11.7. The molecule has 3 fully saturated rings. The zero-order valence-electron chi connectivity index (χ0n) is 24.0. The molecule has 3 saturated heterocycles. The molecule has 12 heteroatoms. The van der Waals surface area contributed by atoms with Crippen LogP contribution in [0.3, 0.4) is 0 Å². The first-order valence-corrected chi connectivity index (χ1v) is 14.9. The summed E-state index contributed by atoms with van der Waals surface area (Å²) in [7, 11) is 0. The third-order valence-electron chi connectivity index (χ3n) is 7.73. The number of piperidine rings is 2. The van der Waals surface area contributed by atoms with E-state index in [0.29, 0.717) is 43.2 Å². The molecule has 2 aromatic rings. The van der Waals surface area contributed by atoms with Crippen molar-refractivity contribution in [1.82, 2.24) is 19.7 Å². The molecule has 3 aliphatic heterocycles. The third kappa shape index (κ3) is 6.08. The van der Waals surface area contributed by atoms with Gasteiger partial charge in [-0.15, -0.1) is 11.3 Å². The van der Waals surface area contributed by atoms with Crippen molar-refractivity contribution in [3.05, 3.63) is 36.2 Å². The van der Waals surface area contributed by atoms with E-state index >= 15 is 0 Å². The van der Waals surface area contributed by atoms with Crippen LogP contribution in [0.1, 0.15) is 63.7 Å². The second kappa shape index (κ2) is 11.4. The minimum atomic E-state index is -1.10. The number of carbonyl (C=O) groups is 4. The predicted octanol–water partition coefficient (Wildman–Crippen LogP) is 4.60. The topological polar surface area (TPSA) is 121 Å². The Morgan fingerprint density at radius 2 is 1.98 bits per heavy atom. The summed E-state index contributed by atoms with van der Waals surface area (Å²) in [4.78, 5) is 61.9. The largest absolute Gasteiger partial charge is 0.444 e. The molecule has 0 aliphatic carbocycles. The summed E-state index contributed by atoms with van der Waals surface area (Å²) in [5.41, 5.74) is -0.508. The van der Waals surface area contributed by atoms with Gasteiger partial charge in [-0.05, 0) is 72.1 Å². The highest BCUT2D eigenvalue weighted by Gasteiger charge is 2.55. The molecule has 3 aliphatic rings. The number of nitrogens with one attached hydrogen (secondary N) is 1. The summed E-state index contributed by atoms with van der Waals surface area (Å²) in [5, 5.41) is 3.22. The van der Waals surface area contributed by atoms with Crippen LogP contribution in [0.25, 0.3) is 10.4 Å². The van der Waals surface area contributed by atoms with E-state index in [0.717, 1.165) is 36.2 Å². The lowest BCUT2D eigenvalue weighted by molar-refractivity contribution is -0.142. The molecule has 5 rings (SSSR count). The number of thiophene rings is 1. The van der Waals surface area contributed by atoms with Crippen molar-refractivity contribution in [2.75, 3.05) is 38.0 Å². The smallest absolute Gasteiger partial charge is 0.417 e. The number of pyridine rings is 1. The van der Waals surface area contributed by atoms with Gasteiger partial charge < -0.3 is 14.4 Å². The highest BCUT2D eigenvalue weighted by atomic mass is 32.1. The molecule has 11 nitrogen and oxygen atoms in total. The number of aromatic nitrogens is 1. The Morgan fingerprint density at radius 3 is 2.61 bits per heavy atom. The number of ether oxygens (including phenoxy) is 2. The quantitative estimate of drug-likeness (QED) is 0.542. The molecule has 0 radical (unpaired) electrons. The minimum absolute atomic E-state index is 0.158. The molecule has 5 heterocycles. The normalized spacial score (nSPS) is 22.2. The first kappa shape index (κ1) is 29.0. The van der Waals surface area contributed by atoms with Gasteiger partial charge in [0.05, 0.1) is 5.56 Å². The monoisotopic (exact) mass is 583 g/mol. The highest BCUT2D eigenvalue weighted by molar-refractivity contribution is 7.20. The fraction of sp³-hybridized carbons (Fsp3) is 0.552. The van der Waals surface area contributed by atoms with Gasteiger partial charge in [-0.25, -0.2) is 14.5 Å². The molecule has 0 saturated carbocycles. The SMILES string of the molecule is CCN1C(=O)OC2(CCCN(C3CCN(C(=O)c4cc(-c5cccnc5)sc4NC(=O)OC(C)(C)C)CC3)C2)C1=O. The maximum absolute atomic E-state index is 13.8. The molecule has 41 heavy (non-hydrogen) atoms. The Bertz CT molecular complexity index is 1320. The second-order valence-corrected chi connectivity index (χ2v) is 12.8. The van der Waals surface area contributed by atoms with Crippen LogP contribution < -0.4 is 5.32 Å². The number of likely N-dealkylation sites (N-methyl/N-ethyl adjacent to an activating group) is 1. The van der Waals surface area contributed by atoms with Crippen molar-refractivity contribution in [2.45, 2.75) is 70.6 Å². The summed E-state index contributed by atoms with van der Waals surface area (Å²) in [6, 6.07) is 5.71. The number of anilines is 1. The van der Waals surface area contributed by atoms with E-state index in [1.165, 1.54) is 16.2 Å². The van der Waals surface area contributed by atoms with Crippen LogP contribution in [-0.4, -0.2) is 93.7 Å². The maximum atomic E-state index is 13.8. The number of rotatable bonds is 5. The molecule has 1 atom stereocenters. The van der Waals surface area contributed by atoms with Crippen LogP contribution in [0.4, 0.5) is 14.6 Å². The fourth-order valence-corrected chi connectivity index (χ4v) is 6.81.